The summed E-state index contributed by atoms with van der Waals surface area (Å²) in [6, 6.07) is 9.34. The van der Waals surface area contributed by atoms with Crippen molar-refractivity contribution in [3.8, 4) is 0 Å². The first-order chi connectivity index (χ1) is 18.8. The molecule has 2 aliphatic heterocycles. The number of piperidine rings is 1. The molecule has 7 nitrogen and oxygen atoms in total. The molecule has 2 fully saturated rings. The van der Waals surface area contributed by atoms with Crippen molar-refractivity contribution in [2.45, 2.75) is 31.4 Å². The van der Waals surface area contributed by atoms with Crippen LogP contribution in [-0.4, -0.2) is 72.5 Å². The zero-order valence-corrected chi connectivity index (χ0v) is 23.0. The molecule has 0 saturated carbocycles. The number of hydrogen-bond acceptors (Lipinski definition) is 6. The Bertz CT molecular complexity index is 1260. The maximum Gasteiger partial charge on any atom is 0.416 e. The monoisotopic (exact) mass is 577 g/mol. The molecule has 0 radical (unpaired) electrons. The molecule has 1 aromatic carbocycles. The standard InChI is InChI=1S/C27H30F3N5O2S2/c28-27(29,30)20-3-1-4-21(17-20)33-12-14-34(15-13-33)25(36)23-18-39-24(32-23)19-7-10-35(11-8-19)26(37)31-9-6-22-5-2-16-38-22/h1-5,16-19H,6-15H2,(H,31,37). The van der Waals surface area contributed by atoms with Crippen molar-refractivity contribution in [2.24, 2.45) is 0 Å². The molecule has 0 bridgehead atoms. The third-order valence-corrected chi connectivity index (χ3v) is 9.15. The topological polar surface area (TPSA) is 68.8 Å². The van der Waals surface area contributed by atoms with E-state index in [2.05, 4.69) is 16.4 Å². The third-order valence-electron chi connectivity index (χ3n) is 7.21. The van der Waals surface area contributed by atoms with E-state index >= 15 is 0 Å². The van der Waals surface area contributed by atoms with Crippen LogP contribution in [0.3, 0.4) is 0 Å². The average molecular weight is 578 g/mol. The highest BCUT2D eigenvalue weighted by Gasteiger charge is 2.32. The quantitative estimate of drug-likeness (QED) is 0.431. The predicted molar refractivity (Wildman–Crippen MR) is 147 cm³/mol. The lowest BCUT2D eigenvalue weighted by Gasteiger charge is -2.36. The Labute approximate surface area is 233 Å². The van der Waals surface area contributed by atoms with E-state index < -0.39 is 11.7 Å². The molecule has 2 aliphatic rings. The van der Waals surface area contributed by atoms with Gasteiger partial charge in [0, 0.05) is 67.7 Å². The first kappa shape index (κ1) is 27.4. The molecule has 2 aromatic heterocycles. The van der Waals surface area contributed by atoms with E-state index in [9.17, 15) is 22.8 Å². The number of carbonyl (C=O) groups excluding carboxylic acids is 2. The van der Waals surface area contributed by atoms with Crippen LogP contribution in [0.1, 0.15) is 44.7 Å². The molecule has 0 aliphatic carbocycles. The minimum Gasteiger partial charge on any atom is -0.368 e. The van der Waals surface area contributed by atoms with Crippen LogP contribution in [-0.2, 0) is 12.6 Å². The smallest absolute Gasteiger partial charge is 0.368 e. The van der Waals surface area contributed by atoms with Crippen molar-refractivity contribution >= 4 is 40.3 Å². The lowest BCUT2D eigenvalue weighted by atomic mass is 9.98. The number of rotatable bonds is 6. The van der Waals surface area contributed by atoms with Gasteiger partial charge in [-0.05, 0) is 48.9 Å². The van der Waals surface area contributed by atoms with Gasteiger partial charge >= 0.3 is 12.2 Å². The van der Waals surface area contributed by atoms with Crippen LogP contribution >= 0.6 is 22.7 Å². The molecule has 4 heterocycles. The fourth-order valence-electron chi connectivity index (χ4n) is 4.97. The molecule has 0 unspecified atom stereocenters. The summed E-state index contributed by atoms with van der Waals surface area (Å²) in [5.74, 6) is 0.0632. The number of carbonyl (C=O) groups is 2. The van der Waals surface area contributed by atoms with Gasteiger partial charge in [0.2, 0.25) is 0 Å². The Morgan fingerprint density at radius 3 is 2.44 bits per heavy atom. The minimum atomic E-state index is -4.39. The number of hydrogen-bond donors (Lipinski definition) is 1. The highest BCUT2D eigenvalue weighted by atomic mass is 32.1. The molecule has 208 valence electrons. The number of likely N-dealkylation sites (tertiary alicyclic amines) is 1. The van der Waals surface area contributed by atoms with Gasteiger partial charge in [0.25, 0.3) is 5.91 Å². The Hall–Kier alpha value is -3.12. The Morgan fingerprint density at radius 2 is 1.74 bits per heavy atom. The predicted octanol–water partition coefficient (Wildman–Crippen LogP) is 5.32. The summed E-state index contributed by atoms with van der Waals surface area (Å²) in [6.45, 7) is 3.66. The maximum atomic E-state index is 13.1. The van der Waals surface area contributed by atoms with E-state index in [-0.39, 0.29) is 17.9 Å². The molecular formula is C27H30F3N5O2S2. The lowest BCUT2D eigenvalue weighted by Crippen LogP contribution is -2.49. The first-order valence-electron chi connectivity index (χ1n) is 13.0. The summed E-state index contributed by atoms with van der Waals surface area (Å²) < 4.78 is 39.2. The van der Waals surface area contributed by atoms with Gasteiger partial charge in [-0.2, -0.15) is 13.2 Å². The maximum absolute atomic E-state index is 13.1. The number of urea groups is 1. The van der Waals surface area contributed by atoms with Crippen molar-refractivity contribution < 1.29 is 22.8 Å². The number of alkyl halides is 3. The summed E-state index contributed by atoms with van der Waals surface area (Å²) in [6.07, 6.45) is -1.95. The zero-order valence-electron chi connectivity index (χ0n) is 21.3. The van der Waals surface area contributed by atoms with Gasteiger partial charge in [0.1, 0.15) is 5.69 Å². The highest BCUT2D eigenvalue weighted by Crippen LogP contribution is 2.33. The van der Waals surface area contributed by atoms with E-state index in [1.807, 2.05) is 21.2 Å². The summed E-state index contributed by atoms with van der Waals surface area (Å²) >= 11 is 3.17. The van der Waals surface area contributed by atoms with Crippen molar-refractivity contribution in [2.75, 3.05) is 50.7 Å². The van der Waals surface area contributed by atoms with Crippen molar-refractivity contribution in [1.82, 2.24) is 20.1 Å². The van der Waals surface area contributed by atoms with Crippen LogP contribution < -0.4 is 10.2 Å². The van der Waals surface area contributed by atoms with E-state index in [1.165, 1.54) is 22.3 Å². The fourth-order valence-corrected chi connectivity index (χ4v) is 6.64. The molecule has 39 heavy (non-hydrogen) atoms. The number of piperazine rings is 1. The highest BCUT2D eigenvalue weighted by molar-refractivity contribution is 7.10. The van der Waals surface area contributed by atoms with Crippen LogP contribution in [0.25, 0.3) is 0 Å². The number of aromatic nitrogens is 1. The molecular weight excluding hydrogens is 547 g/mol. The molecule has 3 amide bonds. The molecule has 1 N–H and O–H groups in total. The van der Waals surface area contributed by atoms with Gasteiger partial charge in [0.15, 0.2) is 0 Å². The van der Waals surface area contributed by atoms with Crippen molar-refractivity contribution in [1.29, 1.82) is 0 Å². The van der Waals surface area contributed by atoms with Crippen LogP contribution in [0, 0.1) is 0 Å². The SMILES string of the molecule is O=C(NCCc1cccs1)N1CCC(c2nc(C(=O)N3CCN(c4cccc(C(F)(F)F)c4)CC3)cs2)CC1. The van der Waals surface area contributed by atoms with E-state index in [1.54, 1.807) is 27.7 Å². The van der Waals surface area contributed by atoms with Gasteiger partial charge in [0.05, 0.1) is 10.6 Å². The zero-order chi connectivity index (χ0) is 27.4. The van der Waals surface area contributed by atoms with Gasteiger partial charge in [-0.25, -0.2) is 9.78 Å². The molecule has 5 rings (SSSR count). The van der Waals surface area contributed by atoms with E-state index in [0.717, 1.165) is 36.4 Å². The van der Waals surface area contributed by atoms with Crippen LogP contribution in [0.4, 0.5) is 23.7 Å². The normalized spacial score (nSPS) is 16.9. The van der Waals surface area contributed by atoms with Crippen LogP contribution in [0.5, 0.6) is 0 Å². The lowest BCUT2D eigenvalue weighted by molar-refractivity contribution is -0.137. The first-order valence-corrected chi connectivity index (χ1v) is 14.8. The van der Waals surface area contributed by atoms with Gasteiger partial charge in [-0.15, -0.1) is 22.7 Å². The number of thiophene rings is 1. The van der Waals surface area contributed by atoms with E-state index in [4.69, 9.17) is 0 Å². The Kier molecular flexibility index (Phi) is 8.41. The number of nitrogens with one attached hydrogen (secondary N) is 1. The largest absolute Gasteiger partial charge is 0.416 e. The minimum absolute atomic E-state index is 0.0377. The number of benzene rings is 1. The summed E-state index contributed by atoms with van der Waals surface area (Å²) in [7, 11) is 0. The summed E-state index contributed by atoms with van der Waals surface area (Å²) in [5.41, 5.74) is 0.251. The molecule has 0 atom stereocenters. The summed E-state index contributed by atoms with van der Waals surface area (Å²) in [4.78, 5) is 36.9. The molecule has 2 saturated heterocycles. The molecule has 12 heteroatoms. The second kappa shape index (κ2) is 12.0. The molecule has 3 aromatic rings. The van der Waals surface area contributed by atoms with Crippen LogP contribution in [0.2, 0.25) is 0 Å². The second-order valence-electron chi connectivity index (χ2n) is 9.72. The number of nitrogens with zero attached hydrogens (tertiary/aromatic N) is 4. The van der Waals surface area contributed by atoms with Gasteiger partial charge in [-0.1, -0.05) is 12.1 Å². The number of anilines is 1. The third kappa shape index (κ3) is 6.73. The van der Waals surface area contributed by atoms with Crippen molar-refractivity contribution in [3.05, 3.63) is 68.3 Å². The van der Waals surface area contributed by atoms with Crippen LogP contribution in [0.15, 0.2) is 47.2 Å². The molecule has 0 spiro atoms. The Balaban J connectivity index is 1.08. The van der Waals surface area contributed by atoms with Crippen molar-refractivity contribution in [3.63, 3.8) is 0 Å². The number of halogens is 3. The number of amides is 3. The fraction of sp³-hybridized carbons (Fsp3) is 0.444. The number of thiazole rings is 1. The summed E-state index contributed by atoms with van der Waals surface area (Å²) in [5, 5.41) is 7.74. The second-order valence-corrected chi connectivity index (χ2v) is 11.6. The Morgan fingerprint density at radius 1 is 0.974 bits per heavy atom. The van der Waals surface area contributed by atoms with E-state index in [0.29, 0.717) is 57.2 Å². The average Bonchev–Trinajstić information content (AvgIpc) is 3.65. The van der Waals surface area contributed by atoms with Gasteiger partial charge < -0.3 is 20.0 Å². The van der Waals surface area contributed by atoms with Gasteiger partial charge in [-0.3, -0.25) is 4.79 Å².